The van der Waals surface area contributed by atoms with E-state index in [0.717, 1.165) is 12.0 Å². The number of rotatable bonds is 3. The van der Waals surface area contributed by atoms with Gasteiger partial charge in [0.1, 0.15) is 5.82 Å². The molecule has 0 radical (unpaired) electrons. The van der Waals surface area contributed by atoms with Crippen LogP contribution >= 0.6 is 0 Å². The molecular formula is C16H23F. The van der Waals surface area contributed by atoms with E-state index >= 15 is 0 Å². The largest absolute Gasteiger partial charge is 0.206 e. The predicted molar refractivity (Wildman–Crippen MR) is 73.4 cm³/mol. The van der Waals surface area contributed by atoms with Crippen molar-refractivity contribution in [2.24, 2.45) is 11.3 Å². The summed E-state index contributed by atoms with van der Waals surface area (Å²) in [6, 6.07) is 5.55. The lowest BCUT2D eigenvalue weighted by molar-refractivity contribution is 0.410. The Kier molecular flexibility index (Phi) is 4.50. The van der Waals surface area contributed by atoms with Gasteiger partial charge in [-0.1, -0.05) is 58.9 Å². The van der Waals surface area contributed by atoms with E-state index in [0.29, 0.717) is 11.5 Å². The molecule has 0 N–H and O–H groups in total. The second kappa shape index (κ2) is 5.48. The molecule has 0 aliphatic carbocycles. The van der Waals surface area contributed by atoms with Crippen LogP contribution in [0.25, 0.3) is 6.08 Å². The average Bonchev–Trinajstić information content (AvgIpc) is 2.13. The summed E-state index contributed by atoms with van der Waals surface area (Å²) in [5.74, 6) is 0.326. The Labute approximate surface area is 105 Å². The highest BCUT2D eigenvalue weighted by Gasteiger charge is 2.12. The van der Waals surface area contributed by atoms with Gasteiger partial charge in [-0.2, -0.15) is 0 Å². The van der Waals surface area contributed by atoms with Crippen molar-refractivity contribution in [3.8, 4) is 0 Å². The Bertz CT molecular complexity index is 394. The van der Waals surface area contributed by atoms with Crippen LogP contribution in [0, 0.1) is 17.2 Å². The molecule has 1 aromatic carbocycles. The first-order chi connectivity index (χ1) is 7.78. The van der Waals surface area contributed by atoms with Crippen molar-refractivity contribution in [3.63, 3.8) is 0 Å². The number of halogens is 1. The monoisotopic (exact) mass is 234 g/mol. The molecule has 1 rings (SSSR count). The lowest BCUT2D eigenvalue weighted by Gasteiger charge is -2.18. The minimum Gasteiger partial charge on any atom is -0.206 e. The van der Waals surface area contributed by atoms with Crippen molar-refractivity contribution in [2.45, 2.75) is 41.0 Å². The van der Waals surface area contributed by atoms with Gasteiger partial charge in [0.2, 0.25) is 0 Å². The van der Waals surface area contributed by atoms with E-state index in [4.69, 9.17) is 0 Å². The van der Waals surface area contributed by atoms with E-state index in [2.05, 4.69) is 34.6 Å². The molecular weight excluding hydrogens is 211 g/mol. The van der Waals surface area contributed by atoms with Crippen molar-refractivity contribution in [3.05, 3.63) is 41.2 Å². The van der Waals surface area contributed by atoms with Gasteiger partial charge < -0.3 is 0 Å². The van der Waals surface area contributed by atoms with Gasteiger partial charge in [0, 0.05) is 5.56 Å². The van der Waals surface area contributed by atoms with E-state index in [-0.39, 0.29) is 11.2 Å². The zero-order chi connectivity index (χ0) is 13.1. The van der Waals surface area contributed by atoms with Gasteiger partial charge in [0.15, 0.2) is 0 Å². The third kappa shape index (κ3) is 5.16. The van der Waals surface area contributed by atoms with E-state index in [1.165, 1.54) is 0 Å². The van der Waals surface area contributed by atoms with Crippen LogP contribution in [-0.2, 0) is 6.42 Å². The molecule has 1 heteroatoms. The molecule has 94 valence electrons. The average molecular weight is 234 g/mol. The zero-order valence-corrected chi connectivity index (χ0v) is 11.5. The number of hydrogen-bond donors (Lipinski definition) is 0. The van der Waals surface area contributed by atoms with Crippen molar-refractivity contribution in [1.29, 1.82) is 0 Å². The molecule has 0 spiro atoms. The standard InChI is InChI=1S/C16H23F/c1-12(2)6-8-14-9-7-13(10-15(14)17)11-16(3,4)5/h6-10,12H,11H2,1-5H3/b8-6+. The van der Waals surface area contributed by atoms with E-state index in [1.807, 2.05) is 24.3 Å². The van der Waals surface area contributed by atoms with Gasteiger partial charge in [0.05, 0.1) is 0 Å². The summed E-state index contributed by atoms with van der Waals surface area (Å²) in [7, 11) is 0. The van der Waals surface area contributed by atoms with Crippen molar-refractivity contribution in [2.75, 3.05) is 0 Å². The van der Waals surface area contributed by atoms with Crippen LogP contribution in [0.1, 0.15) is 45.7 Å². The van der Waals surface area contributed by atoms with Gasteiger partial charge in [-0.3, -0.25) is 0 Å². The number of hydrogen-bond acceptors (Lipinski definition) is 0. The Morgan fingerprint density at radius 3 is 2.35 bits per heavy atom. The molecule has 0 unspecified atom stereocenters. The minimum absolute atomic E-state index is 0.122. The van der Waals surface area contributed by atoms with Crippen LogP contribution in [-0.4, -0.2) is 0 Å². The molecule has 0 bridgehead atoms. The molecule has 0 fully saturated rings. The smallest absolute Gasteiger partial charge is 0.130 e. The highest BCUT2D eigenvalue weighted by atomic mass is 19.1. The number of benzene rings is 1. The van der Waals surface area contributed by atoms with Crippen LogP contribution in [0.4, 0.5) is 4.39 Å². The Balaban J connectivity index is 2.87. The van der Waals surface area contributed by atoms with Crippen LogP contribution in [0.5, 0.6) is 0 Å². The second-order valence-electron chi connectivity index (χ2n) is 6.20. The minimum atomic E-state index is -0.122. The summed E-state index contributed by atoms with van der Waals surface area (Å²) in [5.41, 5.74) is 1.94. The number of allylic oxidation sites excluding steroid dienone is 1. The first-order valence-corrected chi connectivity index (χ1v) is 6.24. The van der Waals surface area contributed by atoms with Crippen LogP contribution in [0.2, 0.25) is 0 Å². The zero-order valence-electron chi connectivity index (χ0n) is 11.5. The van der Waals surface area contributed by atoms with Crippen LogP contribution < -0.4 is 0 Å². The van der Waals surface area contributed by atoms with Gasteiger partial charge >= 0.3 is 0 Å². The van der Waals surface area contributed by atoms with E-state index in [1.54, 1.807) is 6.07 Å². The lowest BCUT2D eigenvalue weighted by atomic mass is 9.88. The summed E-state index contributed by atoms with van der Waals surface area (Å²) in [4.78, 5) is 0. The van der Waals surface area contributed by atoms with Crippen molar-refractivity contribution < 1.29 is 4.39 Å². The van der Waals surface area contributed by atoms with E-state index < -0.39 is 0 Å². The highest BCUT2D eigenvalue weighted by molar-refractivity contribution is 5.50. The maximum absolute atomic E-state index is 13.8. The predicted octanol–water partition coefficient (Wildman–Crippen LogP) is 5.08. The summed E-state index contributed by atoms with van der Waals surface area (Å²) >= 11 is 0. The van der Waals surface area contributed by atoms with Crippen molar-refractivity contribution in [1.82, 2.24) is 0 Å². The quantitative estimate of drug-likeness (QED) is 0.684. The Hall–Kier alpha value is -1.11. The molecule has 0 aliphatic rings. The molecule has 0 nitrogen and oxygen atoms in total. The molecule has 0 aliphatic heterocycles. The fraction of sp³-hybridized carbons (Fsp3) is 0.500. The van der Waals surface area contributed by atoms with Crippen LogP contribution in [0.3, 0.4) is 0 Å². The highest BCUT2D eigenvalue weighted by Crippen LogP contribution is 2.22. The van der Waals surface area contributed by atoms with Crippen LogP contribution in [0.15, 0.2) is 24.3 Å². The summed E-state index contributed by atoms with van der Waals surface area (Å²) < 4.78 is 13.8. The third-order valence-electron chi connectivity index (χ3n) is 2.46. The normalized spacial score (nSPS) is 12.6. The van der Waals surface area contributed by atoms with Crippen molar-refractivity contribution >= 4 is 6.08 Å². The van der Waals surface area contributed by atoms with Gasteiger partial charge in [-0.15, -0.1) is 0 Å². The molecule has 1 aromatic rings. The summed E-state index contributed by atoms with van der Waals surface area (Å²) in [6.45, 7) is 10.7. The fourth-order valence-electron chi connectivity index (χ4n) is 1.72. The molecule has 0 saturated carbocycles. The lowest BCUT2D eigenvalue weighted by Crippen LogP contribution is -2.09. The maximum Gasteiger partial charge on any atom is 0.130 e. The molecule has 0 amide bonds. The molecule has 0 aromatic heterocycles. The Morgan fingerprint density at radius 2 is 1.88 bits per heavy atom. The third-order valence-corrected chi connectivity index (χ3v) is 2.46. The molecule has 17 heavy (non-hydrogen) atoms. The van der Waals surface area contributed by atoms with Gasteiger partial charge in [0.25, 0.3) is 0 Å². The first kappa shape index (κ1) is 14.0. The SMILES string of the molecule is CC(C)/C=C/c1ccc(CC(C)(C)C)cc1F. The maximum atomic E-state index is 13.8. The Morgan fingerprint density at radius 1 is 1.24 bits per heavy atom. The molecule has 0 atom stereocenters. The first-order valence-electron chi connectivity index (χ1n) is 6.24. The molecule has 0 saturated heterocycles. The fourth-order valence-corrected chi connectivity index (χ4v) is 1.72. The van der Waals surface area contributed by atoms with Gasteiger partial charge in [-0.05, 0) is 29.4 Å². The molecule has 0 heterocycles. The van der Waals surface area contributed by atoms with Gasteiger partial charge in [-0.25, -0.2) is 4.39 Å². The van der Waals surface area contributed by atoms with E-state index in [9.17, 15) is 4.39 Å². The second-order valence-corrected chi connectivity index (χ2v) is 6.20. The topological polar surface area (TPSA) is 0 Å². The summed E-state index contributed by atoms with van der Waals surface area (Å²) in [5, 5.41) is 0. The summed E-state index contributed by atoms with van der Waals surface area (Å²) in [6.07, 6.45) is 4.78.